The number of hydrogen-bond acceptors (Lipinski definition) is 6. The molecule has 0 saturated carbocycles. The summed E-state index contributed by atoms with van der Waals surface area (Å²) in [6, 6.07) is 3.53. The second kappa shape index (κ2) is 7.22. The van der Waals surface area contributed by atoms with E-state index in [0.29, 0.717) is 10.0 Å². The van der Waals surface area contributed by atoms with E-state index >= 15 is 0 Å². The predicted octanol–water partition coefficient (Wildman–Crippen LogP) is 4.29. The summed E-state index contributed by atoms with van der Waals surface area (Å²) in [7, 11) is 0. The maximum absolute atomic E-state index is 13.1. The molecule has 0 unspecified atom stereocenters. The molecular formula is C17H18Cl2O4S2. The summed E-state index contributed by atoms with van der Waals surface area (Å²) in [6.45, 7) is 3.86. The van der Waals surface area contributed by atoms with E-state index in [0.717, 1.165) is 22.6 Å². The van der Waals surface area contributed by atoms with Gasteiger partial charge < -0.3 is 9.47 Å². The van der Waals surface area contributed by atoms with Crippen LogP contribution in [0.4, 0.5) is 0 Å². The number of halogens is 2. The summed E-state index contributed by atoms with van der Waals surface area (Å²) in [6.07, 6.45) is 0.205. The number of rotatable bonds is 4. The monoisotopic (exact) mass is 420 g/mol. The molecule has 1 fully saturated rings. The molecule has 2 aliphatic rings. The summed E-state index contributed by atoms with van der Waals surface area (Å²) in [5.74, 6) is 0.563. The van der Waals surface area contributed by atoms with E-state index < -0.39 is 21.4 Å². The highest BCUT2D eigenvalue weighted by atomic mass is 35.5. The molecule has 1 aromatic carbocycles. The van der Waals surface area contributed by atoms with Gasteiger partial charge in [0.05, 0.1) is 23.3 Å². The molecule has 1 saturated heterocycles. The second-order valence-electron chi connectivity index (χ2n) is 5.76. The molecule has 0 N–H and O–H groups in total. The Balaban J connectivity index is 2.23. The minimum absolute atomic E-state index is 0.198. The van der Waals surface area contributed by atoms with Crippen LogP contribution in [0, 0.1) is 5.41 Å². The first-order valence-corrected chi connectivity index (χ1v) is 10.8. The Hall–Kier alpha value is -0.560. The van der Waals surface area contributed by atoms with Crippen LogP contribution < -0.4 is 0 Å². The van der Waals surface area contributed by atoms with Crippen LogP contribution in [0.2, 0.25) is 10.0 Å². The molecule has 0 atom stereocenters. The Morgan fingerprint density at radius 3 is 2.08 bits per heavy atom. The lowest BCUT2D eigenvalue weighted by molar-refractivity contribution is -0.172. The Labute approximate surface area is 165 Å². The molecular weight excluding hydrogens is 403 g/mol. The van der Waals surface area contributed by atoms with Gasteiger partial charge in [-0.25, -0.2) is 0 Å². The van der Waals surface area contributed by atoms with Crippen molar-refractivity contribution in [1.82, 2.24) is 0 Å². The number of ether oxygens (including phenoxy) is 2. The molecule has 1 aliphatic heterocycles. The molecule has 0 aromatic heterocycles. The van der Waals surface area contributed by atoms with Crippen molar-refractivity contribution in [2.45, 2.75) is 24.3 Å². The highest BCUT2D eigenvalue weighted by molar-refractivity contribution is 8.20. The zero-order valence-electron chi connectivity index (χ0n) is 13.9. The molecule has 1 heterocycles. The lowest BCUT2D eigenvalue weighted by Gasteiger charge is -2.38. The maximum Gasteiger partial charge on any atom is 0.326 e. The van der Waals surface area contributed by atoms with Crippen LogP contribution in [-0.2, 0) is 29.6 Å². The van der Waals surface area contributed by atoms with Gasteiger partial charge in [0.25, 0.3) is 0 Å². The number of thioether (sulfide) groups is 2. The molecule has 8 heteroatoms. The predicted molar refractivity (Wildman–Crippen MR) is 102 cm³/mol. The van der Waals surface area contributed by atoms with Crippen molar-refractivity contribution >= 4 is 58.7 Å². The van der Waals surface area contributed by atoms with E-state index in [9.17, 15) is 9.59 Å². The third-order valence-corrected chi connectivity index (χ3v) is 8.91. The topological polar surface area (TPSA) is 52.6 Å². The lowest BCUT2D eigenvalue weighted by atomic mass is 9.83. The van der Waals surface area contributed by atoms with Crippen molar-refractivity contribution in [3.05, 3.63) is 33.3 Å². The summed E-state index contributed by atoms with van der Waals surface area (Å²) in [4.78, 5) is 26.1. The summed E-state index contributed by atoms with van der Waals surface area (Å²) in [5.41, 5.74) is 0.286. The fourth-order valence-corrected chi connectivity index (χ4v) is 7.58. The first-order chi connectivity index (χ1) is 11.9. The molecule has 25 heavy (non-hydrogen) atoms. The fourth-order valence-electron chi connectivity index (χ4n) is 3.49. The van der Waals surface area contributed by atoms with Gasteiger partial charge in [-0.15, -0.1) is 23.5 Å². The number of hydrogen-bond donors (Lipinski definition) is 0. The zero-order valence-corrected chi connectivity index (χ0v) is 17.0. The normalized spacial score (nSPS) is 19.7. The smallest absolute Gasteiger partial charge is 0.326 e. The lowest BCUT2D eigenvalue weighted by Crippen LogP contribution is -2.51. The van der Waals surface area contributed by atoms with E-state index in [1.165, 1.54) is 0 Å². The summed E-state index contributed by atoms with van der Waals surface area (Å²) in [5, 5.41) is 0.823. The van der Waals surface area contributed by atoms with E-state index in [1.54, 1.807) is 49.5 Å². The molecule has 1 spiro atoms. The SMILES string of the molecule is CCOC(=O)C1(C(=O)OCC)Cc2cc(Cl)c(Cl)cc2C12SCCS2. The number of benzene rings is 1. The second-order valence-corrected chi connectivity index (χ2v) is 9.45. The van der Waals surface area contributed by atoms with E-state index in [-0.39, 0.29) is 19.6 Å². The zero-order chi connectivity index (χ0) is 18.2. The molecule has 0 amide bonds. The van der Waals surface area contributed by atoms with E-state index in [4.69, 9.17) is 32.7 Å². The van der Waals surface area contributed by atoms with Crippen LogP contribution in [0.3, 0.4) is 0 Å². The first-order valence-electron chi connectivity index (χ1n) is 8.03. The number of fused-ring (bicyclic) bond motifs is 2. The van der Waals surface area contributed by atoms with Gasteiger partial charge >= 0.3 is 11.9 Å². The minimum atomic E-state index is -1.43. The van der Waals surface area contributed by atoms with Gasteiger partial charge in [-0.2, -0.15) is 0 Å². The average Bonchev–Trinajstić information content (AvgIpc) is 3.15. The van der Waals surface area contributed by atoms with Crippen LogP contribution in [-0.4, -0.2) is 36.7 Å². The Morgan fingerprint density at radius 1 is 1.04 bits per heavy atom. The third kappa shape index (κ3) is 2.76. The van der Waals surface area contributed by atoms with Crippen LogP contribution in [0.5, 0.6) is 0 Å². The standard InChI is InChI=1S/C17H18Cl2O4S2/c1-3-22-14(20)16(15(21)23-4-2)9-10-7-12(18)13(19)8-11(10)17(16)24-5-6-25-17/h7-8H,3-6,9H2,1-2H3. The third-order valence-electron chi connectivity index (χ3n) is 4.46. The molecule has 0 bridgehead atoms. The number of carbonyl (C=O) groups is 2. The van der Waals surface area contributed by atoms with Gasteiger partial charge in [0.15, 0.2) is 5.41 Å². The van der Waals surface area contributed by atoms with Crippen molar-refractivity contribution < 1.29 is 19.1 Å². The van der Waals surface area contributed by atoms with Gasteiger partial charge in [0.2, 0.25) is 0 Å². The number of esters is 2. The van der Waals surface area contributed by atoms with Crippen molar-refractivity contribution in [1.29, 1.82) is 0 Å². The summed E-state index contributed by atoms with van der Waals surface area (Å²) < 4.78 is 9.89. The van der Waals surface area contributed by atoms with Gasteiger partial charge in [0, 0.05) is 17.9 Å². The van der Waals surface area contributed by atoms with Crippen LogP contribution >= 0.6 is 46.7 Å². The first kappa shape index (κ1) is 19.2. The molecule has 1 aliphatic carbocycles. The van der Waals surface area contributed by atoms with Gasteiger partial charge in [-0.05, 0) is 37.1 Å². The van der Waals surface area contributed by atoms with Gasteiger partial charge in [0.1, 0.15) is 4.08 Å². The van der Waals surface area contributed by atoms with E-state index in [2.05, 4.69) is 0 Å². The van der Waals surface area contributed by atoms with Crippen LogP contribution in [0.1, 0.15) is 25.0 Å². The van der Waals surface area contributed by atoms with Gasteiger partial charge in [-0.1, -0.05) is 23.2 Å². The number of carbonyl (C=O) groups excluding carboxylic acids is 2. The molecule has 0 radical (unpaired) electrons. The quantitative estimate of drug-likeness (QED) is 0.534. The average molecular weight is 421 g/mol. The Kier molecular flexibility index (Phi) is 5.55. The van der Waals surface area contributed by atoms with Crippen molar-refractivity contribution in [2.24, 2.45) is 5.41 Å². The molecule has 4 nitrogen and oxygen atoms in total. The summed E-state index contributed by atoms with van der Waals surface area (Å²) >= 11 is 15.6. The van der Waals surface area contributed by atoms with Crippen molar-refractivity contribution in [3.8, 4) is 0 Å². The highest BCUT2D eigenvalue weighted by Gasteiger charge is 2.70. The van der Waals surface area contributed by atoms with E-state index in [1.807, 2.05) is 0 Å². The molecule has 1 aromatic rings. The van der Waals surface area contributed by atoms with Crippen LogP contribution in [0.25, 0.3) is 0 Å². The minimum Gasteiger partial charge on any atom is -0.465 e. The largest absolute Gasteiger partial charge is 0.465 e. The molecule has 3 rings (SSSR count). The van der Waals surface area contributed by atoms with Crippen LogP contribution in [0.15, 0.2) is 12.1 Å². The maximum atomic E-state index is 13.1. The van der Waals surface area contributed by atoms with Crippen molar-refractivity contribution in [3.63, 3.8) is 0 Å². The Morgan fingerprint density at radius 2 is 1.56 bits per heavy atom. The van der Waals surface area contributed by atoms with Gasteiger partial charge in [-0.3, -0.25) is 9.59 Å². The highest BCUT2D eigenvalue weighted by Crippen LogP contribution is 2.68. The Bertz CT molecular complexity index is 699. The van der Waals surface area contributed by atoms with Crippen molar-refractivity contribution in [2.75, 3.05) is 24.7 Å². The molecule has 136 valence electrons. The fraction of sp³-hybridized carbons (Fsp3) is 0.529.